The van der Waals surface area contributed by atoms with E-state index in [1.54, 1.807) is 6.20 Å². The van der Waals surface area contributed by atoms with Crippen molar-refractivity contribution in [2.45, 2.75) is 66.1 Å². The minimum Gasteiger partial charge on any atom is -0.394 e. The normalized spacial score (nSPS) is 11.4. The lowest BCUT2D eigenvalue weighted by Crippen LogP contribution is -2.40. The molecule has 1 aromatic carbocycles. The van der Waals surface area contributed by atoms with E-state index in [0.717, 1.165) is 29.7 Å². The van der Waals surface area contributed by atoms with Crippen molar-refractivity contribution in [1.82, 2.24) is 20.2 Å². The topological polar surface area (TPSA) is 102 Å². The number of aryl methyl sites for hydroxylation is 1. The average molecular weight is 540 g/mol. The smallest absolute Gasteiger partial charge is 0.229 e. The second-order valence-corrected chi connectivity index (χ2v) is 9.20. The van der Waals surface area contributed by atoms with Crippen molar-refractivity contribution >= 4 is 40.2 Å². The molecule has 0 aliphatic rings. The van der Waals surface area contributed by atoms with Crippen LogP contribution in [0.2, 0.25) is 0 Å². The van der Waals surface area contributed by atoms with Crippen molar-refractivity contribution in [1.29, 1.82) is 0 Å². The number of nitrogens with zero attached hydrogens (tertiary/aromatic N) is 3. The van der Waals surface area contributed by atoms with Crippen LogP contribution in [-0.2, 0) is 4.79 Å². The van der Waals surface area contributed by atoms with Crippen LogP contribution in [0.15, 0.2) is 34.9 Å². The zero-order chi connectivity index (χ0) is 26.1. The molecule has 1 atom stereocenters. The molecule has 2 rings (SSSR count). The van der Waals surface area contributed by atoms with Gasteiger partial charge in [0.1, 0.15) is 12.6 Å². The van der Waals surface area contributed by atoms with Gasteiger partial charge in [0.15, 0.2) is 0 Å². The standard InChI is InChI=1S/C15H19BrN4O.C9H22N2.CH2O/c1-3-11(9-21)18-14-13(16)8-17-15(20-14)19-12-6-4-5-10(2)7-12;1-8(2)11(9(3)4)7-6-10-5;1-2/h4-8,11,21H,3,9H2,1-2H3,(H2,17,18,19,20);8-10H,6-7H2,1-5H3;1H2. The first-order chi connectivity index (χ1) is 16.2. The predicted molar refractivity (Wildman–Crippen MR) is 147 cm³/mol. The maximum absolute atomic E-state index is 9.28. The van der Waals surface area contributed by atoms with Gasteiger partial charge in [-0.3, -0.25) is 4.90 Å². The minimum atomic E-state index is -0.0250. The van der Waals surface area contributed by atoms with Gasteiger partial charge >= 0.3 is 0 Å². The summed E-state index contributed by atoms with van der Waals surface area (Å²) in [5, 5.41) is 18.8. The lowest BCUT2D eigenvalue weighted by molar-refractivity contribution is -0.0980. The van der Waals surface area contributed by atoms with Gasteiger partial charge in [-0.2, -0.15) is 4.98 Å². The molecule has 8 nitrogen and oxygen atoms in total. The molecule has 0 saturated carbocycles. The fraction of sp³-hybridized carbons (Fsp3) is 0.560. The molecule has 0 spiro atoms. The quantitative estimate of drug-likeness (QED) is 0.328. The Morgan fingerprint density at radius 2 is 1.82 bits per heavy atom. The van der Waals surface area contributed by atoms with E-state index in [0.29, 0.717) is 23.8 Å². The molecule has 34 heavy (non-hydrogen) atoms. The summed E-state index contributed by atoms with van der Waals surface area (Å²) in [5.41, 5.74) is 2.11. The summed E-state index contributed by atoms with van der Waals surface area (Å²) in [6.07, 6.45) is 2.51. The van der Waals surface area contributed by atoms with Gasteiger partial charge in [-0.25, -0.2) is 4.98 Å². The van der Waals surface area contributed by atoms with Crippen LogP contribution in [0.5, 0.6) is 0 Å². The highest BCUT2D eigenvalue weighted by Gasteiger charge is 2.12. The maximum atomic E-state index is 9.28. The Bertz CT molecular complexity index is 795. The summed E-state index contributed by atoms with van der Waals surface area (Å²) in [6, 6.07) is 9.30. The van der Waals surface area contributed by atoms with Gasteiger partial charge in [-0.05, 0) is 81.7 Å². The number of carbonyl (C=O) groups excluding carboxylic acids is 1. The molecular formula is C25H43BrN6O2. The first-order valence-electron chi connectivity index (χ1n) is 11.6. The Morgan fingerprint density at radius 3 is 2.32 bits per heavy atom. The molecule has 0 aliphatic carbocycles. The van der Waals surface area contributed by atoms with Crippen molar-refractivity contribution in [3.63, 3.8) is 0 Å². The first kappa shape index (κ1) is 31.9. The number of hydrogen-bond donors (Lipinski definition) is 4. The van der Waals surface area contributed by atoms with E-state index < -0.39 is 0 Å². The summed E-state index contributed by atoms with van der Waals surface area (Å²) in [5.74, 6) is 1.18. The molecule has 1 unspecified atom stereocenters. The number of likely N-dealkylation sites (N-methyl/N-ethyl adjacent to an activating group) is 1. The number of aromatic nitrogens is 2. The number of anilines is 3. The Labute approximate surface area is 214 Å². The van der Waals surface area contributed by atoms with Crippen molar-refractivity contribution in [3.05, 3.63) is 40.5 Å². The highest BCUT2D eigenvalue weighted by atomic mass is 79.9. The van der Waals surface area contributed by atoms with E-state index in [9.17, 15) is 5.11 Å². The van der Waals surface area contributed by atoms with Crippen LogP contribution >= 0.6 is 15.9 Å². The molecule has 9 heteroatoms. The van der Waals surface area contributed by atoms with Crippen molar-refractivity contribution in [2.75, 3.05) is 37.4 Å². The molecule has 1 heterocycles. The van der Waals surface area contributed by atoms with Crippen LogP contribution in [-0.4, -0.2) is 71.6 Å². The number of hydrogen-bond acceptors (Lipinski definition) is 8. The molecule has 192 valence electrons. The first-order valence-corrected chi connectivity index (χ1v) is 12.4. The summed E-state index contributed by atoms with van der Waals surface area (Å²) in [7, 11) is 2.00. The van der Waals surface area contributed by atoms with Crippen LogP contribution < -0.4 is 16.0 Å². The number of halogens is 1. The Hall–Kier alpha value is -2.07. The highest BCUT2D eigenvalue weighted by Crippen LogP contribution is 2.23. The summed E-state index contributed by atoms with van der Waals surface area (Å²) < 4.78 is 0.768. The fourth-order valence-electron chi connectivity index (χ4n) is 3.20. The molecule has 0 aliphatic heterocycles. The van der Waals surface area contributed by atoms with Crippen LogP contribution in [0.3, 0.4) is 0 Å². The third-order valence-corrected chi connectivity index (χ3v) is 5.60. The van der Waals surface area contributed by atoms with Gasteiger partial charge in [0.2, 0.25) is 5.95 Å². The number of nitrogens with one attached hydrogen (secondary N) is 3. The van der Waals surface area contributed by atoms with Gasteiger partial charge in [0.25, 0.3) is 0 Å². The highest BCUT2D eigenvalue weighted by molar-refractivity contribution is 9.10. The van der Waals surface area contributed by atoms with E-state index in [1.807, 2.05) is 51.9 Å². The molecule has 4 N–H and O–H groups in total. The van der Waals surface area contributed by atoms with Crippen LogP contribution in [0.25, 0.3) is 0 Å². The van der Waals surface area contributed by atoms with Gasteiger partial charge in [0, 0.05) is 37.1 Å². The molecule has 0 amide bonds. The molecular weight excluding hydrogens is 496 g/mol. The Morgan fingerprint density at radius 1 is 1.18 bits per heavy atom. The van der Waals surface area contributed by atoms with Crippen molar-refractivity contribution < 1.29 is 9.90 Å². The van der Waals surface area contributed by atoms with Gasteiger partial charge < -0.3 is 25.9 Å². The summed E-state index contributed by atoms with van der Waals surface area (Å²) in [4.78, 5) is 19.2. The largest absolute Gasteiger partial charge is 0.394 e. The maximum Gasteiger partial charge on any atom is 0.229 e. The number of aliphatic hydroxyl groups excluding tert-OH is 1. The van der Waals surface area contributed by atoms with Gasteiger partial charge in [0.05, 0.1) is 17.1 Å². The zero-order valence-corrected chi connectivity index (χ0v) is 23.3. The predicted octanol–water partition coefficient (Wildman–Crippen LogP) is 4.61. The van der Waals surface area contributed by atoms with Crippen LogP contribution in [0.4, 0.5) is 17.5 Å². The Balaban J connectivity index is 0.000000712. The van der Waals surface area contributed by atoms with Crippen molar-refractivity contribution in [2.24, 2.45) is 0 Å². The average Bonchev–Trinajstić information content (AvgIpc) is 2.81. The lowest BCUT2D eigenvalue weighted by Gasteiger charge is -2.30. The summed E-state index contributed by atoms with van der Waals surface area (Å²) in [6.45, 7) is 17.3. The molecule has 2 aromatic rings. The molecule has 0 saturated heterocycles. The number of benzene rings is 1. The lowest BCUT2D eigenvalue weighted by atomic mass is 10.2. The second kappa shape index (κ2) is 18.3. The molecule has 1 aromatic heterocycles. The van der Waals surface area contributed by atoms with E-state index in [2.05, 4.69) is 74.4 Å². The second-order valence-electron chi connectivity index (χ2n) is 8.35. The number of aliphatic hydroxyl groups is 1. The monoisotopic (exact) mass is 538 g/mol. The van der Waals surface area contributed by atoms with Gasteiger partial charge in [-0.15, -0.1) is 0 Å². The third kappa shape index (κ3) is 12.4. The van der Waals surface area contributed by atoms with E-state index >= 15 is 0 Å². The van der Waals surface area contributed by atoms with Crippen LogP contribution in [0.1, 0.15) is 46.6 Å². The summed E-state index contributed by atoms with van der Waals surface area (Å²) >= 11 is 3.42. The van der Waals surface area contributed by atoms with Crippen LogP contribution in [0, 0.1) is 6.92 Å². The number of rotatable bonds is 11. The zero-order valence-electron chi connectivity index (χ0n) is 21.7. The fourth-order valence-corrected chi connectivity index (χ4v) is 3.51. The SMILES string of the molecule is C=O.CCC(CO)Nc1nc(Nc2cccc(C)c2)ncc1Br.CNCCN(C(C)C)C(C)C. The third-order valence-electron chi connectivity index (χ3n) is 5.02. The molecule has 0 fully saturated rings. The van der Waals surface area contributed by atoms with E-state index in [1.165, 1.54) is 5.56 Å². The van der Waals surface area contributed by atoms with Gasteiger partial charge in [-0.1, -0.05) is 19.1 Å². The van der Waals surface area contributed by atoms with E-state index in [-0.39, 0.29) is 12.6 Å². The molecule has 0 bridgehead atoms. The number of carbonyl (C=O) groups is 1. The van der Waals surface area contributed by atoms with Crippen molar-refractivity contribution in [3.8, 4) is 0 Å². The Kier molecular flexibility index (Phi) is 17.2. The minimum absolute atomic E-state index is 0.0250. The molecule has 0 radical (unpaired) electrons. The van der Waals surface area contributed by atoms with E-state index in [4.69, 9.17) is 4.79 Å².